The van der Waals surface area contributed by atoms with Gasteiger partial charge in [-0.15, -0.1) is 0 Å². The average Bonchev–Trinajstić information content (AvgIpc) is 1.94. The maximum absolute atomic E-state index is 5.49. The quantitative estimate of drug-likeness (QED) is 0.458. The molecule has 1 rings (SSSR count). The highest BCUT2D eigenvalue weighted by atomic mass is 32.1. The second kappa shape index (κ2) is 4.33. The molecule has 0 aromatic heterocycles. The second-order valence-electron chi connectivity index (χ2n) is 3.19. The van der Waals surface area contributed by atoms with E-state index in [2.05, 4.69) is 12.6 Å². The number of hydrogen-bond acceptors (Lipinski definition) is 1. The van der Waals surface area contributed by atoms with E-state index in [0.717, 1.165) is 12.2 Å². The lowest BCUT2D eigenvalue weighted by Gasteiger charge is -2.27. The van der Waals surface area contributed by atoms with Crippen molar-refractivity contribution in [3.05, 3.63) is 0 Å². The minimum atomic E-state index is 0.636. The Hall–Kier alpha value is 0.415. The molecular formula is C8H15BS. The van der Waals surface area contributed by atoms with Gasteiger partial charge >= 0.3 is 0 Å². The zero-order chi connectivity index (χ0) is 7.40. The molecule has 0 aliphatic heterocycles. The zero-order valence-electron chi connectivity index (χ0n) is 6.42. The van der Waals surface area contributed by atoms with Crippen LogP contribution in [0.5, 0.6) is 0 Å². The van der Waals surface area contributed by atoms with Crippen LogP contribution in [0.1, 0.15) is 32.1 Å². The highest BCUT2D eigenvalue weighted by molar-refractivity contribution is 7.81. The van der Waals surface area contributed by atoms with Crippen molar-refractivity contribution in [2.24, 2.45) is 5.92 Å². The minimum absolute atomic E-state index is 0.636. The van der Waals surface area contributed by atoms with E-state index in [9.17, 15) is 0 Å². The van der Waals surface area contributed by atoms with E-state index in [-0.39, 0.29) is 0 Å². The van der Waals surface area contributed by atoms with Crippen LogP contribution in [0.4, 0.5) is 0 Å². The molecule has 0 amide bonds. The highest BCUT2D eigenvalue weighted by Gasteiger charge is 2.20. The Morgan fingerprint density at radius 2 is 2.00 bits per heavy atom. The van der Waals surface area contributed by atoms with Crippen LogP contribution in [0, 0.1) is 5.92 Å². The third-order valence-corrected chi connectivity index (χ3v) is 3.09. The fraction of sp³-hybridized carbons (Fsp3) is 1.00. The number of rotatable bonds is 2. The van der Waals surface area contributed by atoms with Gasteiger partial charge < -0.3 is 0 Å². The van der Waals surface area contributed by atoms with Gasteiger partial charge in [0, 0.05) is 5.25 Å². The minimum Gasteiger partial charge on any atom is -0.176 e. The molecule has 10 heavy (non-hydrogen) atoms. The van der Waals surface area contributed by atoms with Crippen LogP contribution < -0.4 is 0 Å². The highest BCUT2D eigenvalue weighted by Crippen LogP contribution is 2.31. The van der Waals surface area contributed by atoms with E-state index in [0.29, 0.717) is 5.25 Å². The van der Waals surface area contributed by atoms with E-state index in [1.54, 1.807) is 0 Å². The molecule has 2 unspecified atom stereocenters. The predicted molar refractivity (Wildman–Crippen MR) is 49.9 cm³/mol. The molecule has 1 aliphatic rings. The van der Waals surface area contributed by atoms with Crippen molar-refractivity contribution in [2.75, 3.05) is 0 Å². The maximum Gasteiger partial charge on any atom is 0.0653 e. The second-order valence-corrected chi connectivity index (χ2v) is 3.85. The Kier molecular flexibility index (Phi) is 3.68. The summed E-state index contributed by atoms with van der Waals surface area (Å²) >= 11 is 4.53. The summed E-state index contributed by atoms with van der Waals surface area (Å²) in [5.41, 5.74) is 0. The first kappa shape index (κ1) is 8.51. The lowest BCUT2D eigenvalue weighted by atomic mass is 9.82. The third kappa shape index (κ3) is 2.23. The monoisotopic (exact) mass is 154 g/mol. The van der Waals surface area contributed by atoms with Crippen molar-refractivity contribution in [3.8, 4) is 0 Å². The van der Waals surface area contributed by atoms with Gasteiger partial charge in [-0.1, -0.05) is 25.6 Å². The third-order valence-electron chi connectivity index (χ3n) is 2.41. The van der Waals surface area contributed by atoms with Gasteiger partial charge in [0.2, 0.25) is 0 Å². The molecule has 0 spiro atoms. The molecule has 0 saturated heterocycles. The summed E-state index contributed by atoms with van der Waals surface area (Å²) in [6.07, 6.45) is 7.42. The Labute approximate surface area is 70.6 Å². The Morgan fingerprint density at radius 3 is 2.60 bits per heavy atom. The van der Waals surface area contributed by atoms with Crippen molar-refractivity contribution in [3.63, 3.8) is 0 Å². The molecule has 0 N–H and O–H groups in total. The summed E-state index contributed by atoms with van der Waals surface area (Å²) in [6.45, 7) is 0. The standard InChI is InChI=1S/C8H15BS/c9-6-5-7-3-1-2-4-8(7)10/h7-8,10H,1-6H2. The van der Waals surface area contributed by atoms with Crippen LogP contribution in [0.3, 0.4) is 0 Å². The van der Waals surface area contributed by atoms with E-state index in [1.165, 1.54) is 32.1 Å². The molecule has 0 aromatic carbocycles. The fourth-order valence-corrected chi connectivity index (χ4v) is 2.22. The molecule has 0 heterocycles. The first-order valence-electron chi connectivity index (χ1n) is 4.22. The molecule has 1 saturated carbocycles. The molecule has 1 fully saturated rings. The van der Waals surface area contributed by atoms with Gasteiger partial charge in [-0.3, -0.25) is 0 Å². The molecule has 0 aromatic rings. The summed E-state index contributed by atoms with van der Waals surface area (Å²) in [5.74, 6) is 0.807. The fourth-order valence-electron chi connectivity index (χ4n) is 1.74. The van der Waals surface area contributed by atoms with Crippen molar-refractivity contribution < 1.29 is 0 Å². The molecule has 2 atom stereocenters. The summed E-state index contributed by atoms with van der Waals surface area (Å²) in [4.78, 5) is 0. The van der Waals surface area contributed by atoms with Gasteiger partial charge in [-0.25, -0.2) is 0 Å². The van der Waals surface area contributed by atoms with Crippen LogP contribution >= 0.6 is 12.6 Å². The molecule has 0 nitrogen and oxygen atoms in total. The summed E-state index contributed by atoms with van der Waals surface area (Å²) in [6, 6.07) is 0. The molecule has 2 radical (unpaired) electrons. The van der Waals surface area contributed by atoms with Crippen molar-refractivity contribution in [2.45, 2.75) is 43.7 Å². The van der Waals surface area contributed by atoms with Crippen LogP contribution in [-0.2, 0) is 0 Å². The SMILES string of the molecule is [B]CCC1CCCCC1S. The van der Waals surface area contributed by atoms with E-state index >= 15 is 0 Å². The van der Waals surface area contributed by atoms with Gasteiger partial charge in [-0.05, 0) is 18.8 Å². The van der Waals surface area contributed by atoms with Gasteiger partial charge in [0.25, 0.3) is 0 Å². The van der Waals surface area contributed by atoms with E-state index in [1.807, 2.05) is 0 Å². The lowest BCUT2D eigenvalue weighted by Crippen LogP contribution is -2.19. The Balaban J connectivity index is 2.25. The topological polar surface area (TPSA) is 0 Å². The molecule has 2 heteroatoms. The Morgan fingerprint density at radius 1 is 1.30 bits per heavy atom. The largest absolute Gasteiger partial charge is 0.176 e. The summed E-state index contributed by atoms with van der Waals surface area (Å²) in [5, 5.41) is 0.636. The van der Waals surface area contributed by atoms with Gasteiger partial charge in [0.1, 0.15) is 0 Å². The van der Waals surface area contributed by atoms with Crippen LogP contribution in [0.25, 0.3) is 0 Å². The number of thiol groups is 1. The van der Waals surface area contributed by atoms with Crippen molar-refractivity contribution >= 4 is 20.5 Å². The first-order chi connectivity index (χ1) is 4.84. The van der Waals surface area contributed by atoms with E-state index < -0.39 is 0 Å². The molecule has 1 aliphatic carbocycles. The first-order valence-corrected chi connectivity index (χ1v) is 4.74. The van der Waals surface area contributed by atoms with Crippen LogP contribution in [-0.4, -0.2) is 13.1 Å². The average molecular weight is 154 g/mol. The smallest absolute Gasteiger partial charge is 0.0653 e. The molecule has 0 bridgehead atoms. The summed E-state index contributed by atoms with van der Waals surface area (Å²) in [7, 11) is 5.49. The van der Waals surface area contributed by atoms with Gasteiger partial charge in [0.05, 0.1) is 7.85 Å². The van der Waals surface area contributed by atoms with Gasteiger partial charge in [-0.2, -0.15) is 12.6 Å². The van der Waals surface area contributed by atoms with Crippen molar-refractivity contribution in [1.82, 2.24) is 0 Å². The Bertz CT molecular complexity index is 93.3. The van der Waals surface area contributed by atoms with Crippen LogP contribution in [0.2, 0.25) is 6.32 Å². The van der Waals surface area contributed by atoms with Crippen molar-refractivity contribution in [1.29, 1.82) is 0 Å². The van der Waals surface area contributed by atoms with E-state index in [4.69, 9.17) is 7.85 Å². The van der Waals surface area contributed by atoms with Gasteiger partial charge in [0.15, 0.2) is 0 Å². The summed E-state index contributed by atoms with van der Waals surface area (Å²) < 4.78 is 0. The lowest BCUT2D eigenvalue weighted by molar-refractivity contribution is 0.363. The zero-order valence-corrected chi connectivity index (χ0v) is 7.32. The number of hydrogen-bond donors (Lipinski definition) is 1. The predicted octanol–water partition coefficient (Wildman–Crippen LogP) is 2.45. The van der Waals surface area contributed by atoms with Crippen LogP contribution in [0.15, 0.2) is 0 Å². The maximum atomic E-state index is 5.49. The molecular weight excluding hydrogens is 139 g/mol. The molecule has 56 valence electrons. The normalized spacial score (nSPS) is 34.1.